The molecule has 0 aliphatic rings. The van der Waals surface area contributed by atoms with Crippen LogP contribution in [-0.2, 0) is 19.8 Å². The molecule has 3 aromatic carbocycles. The monoisotopic (exact) mass is 580 g/mol. The number of aryl methyl sites for hydroxylation is 3. The van der Waals surface area contributed by atoms with Gasteiger partial charge in [-0.25, -0.2) is 18.4 Å². The highest BCUT2D eigenvalue weighted by molar-refractivity contribution is 6.13. The number of hydrogen-bond acceptors (Lipinski definition) is 4. The standard InChI is InChI=1S/C29H24F4N6O3/c1-4-38-24(16-5-8-20(9-6-16)39-15(2)36-37(3)28(39)42)12-17-11-18(29(31,32)33)13-22(25(17)38)27(41)35-19-7-10-23(30)21(14-19)26(34)40/h5-14H,4H2,1-3H3,(H2,34,40)(H,35,41). The summed E-state index contributed by atoms with van der Waals surface area (Å²) in [6.07, 6.45) is -4.75. The first kappa shape index (κ1) is 28.3. The number of amides is 2. The van der Waals surface area contributed by atoms with Crippen LogP contribution in [0.4, 0.5) is 23.2 Å². The predicted molar refractivity (Wildman–Crippen MR) is 148 cm³/mol. The van der Waals surface area contributed by atoms with Crippen LogP contribution in [0.3, 0.4) is 0 Å². The third-order valence-electron chi connectivity index (χ3n) is 6.88. The molecule has 0 radical (unpaired) electrons. The minimum absolute atomic E-state index is 0.0212. The lowest BCUT2D eigenvalue weighted by Crippen LogP contribution is -2.21. The second-order valence-corrected chi connectivity index (χ2v) is 9.58. The molecule has 2 aromatic heterocycles. The number of carbonyl (C=O) groups is 2. The van der Waals surface area contributed by atoms with Crippen molar-refractivity contribution in [3.8, 4) is 16.9 Å². The van der Waals surface area contributed by atoms with Crippen molar-refractivity contribution < 1.29 is 27.2 Å². The van der Waals surface area contributed by atoms with Crippen LogP contribution in [0.5, 0.6) is 0 Å². The number of benzene rings is 3. The number of halogens is 4. The Bertz CT molecular complexity index is 1930. The first-order valence-corrected chi connectivity index (χ1v) is 12.7. The van der Waals surface area contributed by atoms with E-state index in [1.54, 1.807) is 48.7 Å². The van der Waals surface area contributed by atoms with Gasteiger partial charge in [-0.1, -0.05) is 12.1 Å². The Balaban J connectivity index is 1.63. The summed E-state index contributed by atoms with van der Waals surface area (Å²) in [5.41, 5.74) is 5.03. The van der Waals surface area contributed by atoms with Crippen LogP contribution in [0.1, 0.15) is 39.0 Å². The number of alkyl halides is 3. The number of hydrogen-bond donors (Lipinski definition) is 2. The van der Waals surface area contributed by atoms with Crippen LogP contribution in [0.15, 0.2) is 65.5 Å². The van der Waals surface area contributed by atoms with E-state index in [0.29, 0.717) is 29.3 Å². The summed E-state index contributed by atoms with van der Waals surface area (Å²) in [6.45, 7) is 3.78. The van der Waals surface area contributed by atoms with Gasteiger partial charge in [0.05, 0.1) is 27.9 Å². The summed E-state index contributed by atoms with van der Waals surface area (Å²) < 4.78 is 60.0. The lowest BCUT2D eigenvalue weighted by molar-refractivity contribution is -0.137. The van der Waals surface area contributed by atoms with Gasteiger partial charge in [0.1, 0.15) is 11.6 Å². The third-order valence-corrected chi connectivity index (χ3v) is 6.88. The molecule has 0 spiro atoms. The highest BCUT2D eigenvalue weighted by atomic mass is 19.4. The molecule has 0 bridgehead atoms. The van der Waals surface area contributed by atoms with Crippen molar-refractivity contribution >= 4 is 28.4 Å². The molecule has 0 aliphatic heterocycles. The van der Waals surface area contributed by atoms with E-state index >= 15 is 0 Å². The fourth-order valence-corrected chi connectivity index (χ4v) is 4.97. The molecule has 13 heteroatoms. The zero-order chi connectivity index (χ0) is 30.5. The molecule has 2 amide bonds. The third kappa shape index (κ3) is 4.93. The molecular formula is C29H24F4N6O3. The number of aromatic nitrogens is 4. The number of nitrogens with two attached hydrogens (primary N) is 1. The maximum Gasteiger partial charge on any atom is 0.416 e. The Morgan fingerprint density at radius 3 is 2.26 bits per heavy atom. The number of nitrogens with zero attached hydrogens (tertiary/aromatic N) is 4. The summed E-state index contributed by atoms with van der Waals surface area (Å²) >= 11 is 0. The Morgan fingerprint density at radius 2 is 1.69 bits per heavy atom. The zero-order valence-electron chi connectivity index (χ0n) is 22.6. The van der Waals surface area contributed by atoms with E-state index in [4.69, 9.17) is 5.73 Å². The van der Waals surface area contributed by atoms with Crippen LogP contribution in [-0.4, -0.2) is 30.7 Å². The van der Waals surface area contributed by atoms with Crippen LogP contribution in [0.2, 0.25) is 0 Å². The van der Waals surface area contributed by atoms with Crippen molar-refractivity contribution in [1.82, 2.24) is 18.9 Å². The summed E-state index contributed by atoms with van der Waals surface area (Å²) in [5, 5.41) is 6.75. The lowest BCUT2D eigenvalue weighted by atomic mass is 10.0. The molecule has 0 saturated carbocycles. The summed E-state index contributed by atoms with van der Waals surface area (Å²) in [5.74, 6) is -2.38. The van der Waals surface area contributed by atoms with Gasteiger partial charge in [-0.2, -0.15) is 18.3 Å². The fourth-order valence-electron chi connectivity index (χ4n) is 4.97. The first-order chi connectivity index (χ1) is 19.8. The molecule has 0 atom stereocenters. The van der Waals surface area contributed by atoms with Gasteiger partial charge in [0.25, 0.3) is 11.8 Å². The Kier molecular flexibility index (Phi) is 6.97. The van der Waals surface area contributed by atoms with Crippen LogP contribution >= 0.6 is 0 Å². The zero-order valence-corrected chi connectivity index (χ0v) is 22.6. The van der Waals surface area contributed by atoms with Crippen LogP contribution in [0, 0.1) is 12.7 Å². The molecule has 2 heterocycles. The van der Waals surface area contributed by atoms with Gasteiger partial charge >= 0.3 is 11.9 Å². The van der Waals surface area contributed by atoms with Crippen molar-refractivity contribution in [3.63, 3.8) is 0 Å². The van der Waals surface area contributed by atoms with E-state index in [-0.39, 0.29) is 27.8 Å². The number of nitrogens with one attached hydrogen (secondary N) is 1. The smallest absolute Gasteiger partial charge is 0.366 e. The van der Waals surface area contributed by atoms with Crippen LogP contribution in [0.25, 0.3) is 27.8 Å². The van der Waals surface area contributed by atoms with Crippen molar-refractivity contribution in [2.75, 3.05) is 5.32 Å². The summed E-state index contributed by atoms with van der Waals surface area (Å²) in [4.78, 5) is 37.4. The molecule has 42 heavy (non-hydrogen) atoms. The number of anilines is 1. The molecule has 0 unspecified atom stereocenters. The Hall–Kier alpha value is -5.20. The SMILES string of the molecule is CCn1c(-c2ccc(-n3c(C)nn(C)c3=O)cc2)cc2cc(C(F)(F)F)cc(C(=O)Nc3ccc(F)c(C(N)=O)c3)c21. The van der Waals surface area contributed by atoms with Gasteiger partial charge in [0.15, 0.2) is 0 Å². The van der Waals surface area contributed by atoms with Gasteiger partial charge in [-0.05, 0) is 67.9 Å². The van der Waals surface area contributed by atoms with E-state index in [2.05, 4.69) is 10.4 Å². The maximum atomic E-state index is 13.9. The quantitative estimate of drug-likeness (QED) is 0.274. The van der Waals surface area contributed by atoms with Crippen molar-refractivity contribution in [1.29, 1.82) is 0 Å². The van der Waals surface area contributed by atoms with E-state index < -0.39 is 34.9 Å². The lowest BCUT2D eigenvalue weighted by Gasteiger charge is -2.15. The highest BCUT2D eigenvalue weighted by Gasteiger charge is 2.33. The Morgan fingerprint density at radius 1 is 1.00 bits per heavy atom. The largest absolute Gasteiger partial charge is 0.416 e. The molecule has 216 valence electrons. The second-order valence-electron chi connectivity index (χ2n) is 9.58. The molecule has 5 aromatic rings. The summed E-state index contributed by atoms with van der Waals surface area (Å²) in [6, 6.07) is 13.2. The normalized spacial score (nSPS) is 11.7. The molecule has 0 aliphatic carbocycles. The van der Waals surface area contributed by atoms with Crippen molar-refractivity contribution in [2.45, 2.75) is 26.6 Å². The Labute approximate surface area is 235 Å². The van der Waals surface area contributed by atoms with Crippen molar-refractivity contribution in [2.24, 2.45) is 12.8 Å². The van der Waals surface area contributed by atoms with Gasteiger partial charge in [-0.3, -0.25) is 9.59 Å². The molecule has 9 nitrogen and oxygen atoms in total. The number of carbonyl (C=O) groups excluding carboxylic acids is 2. The molecule has 0 fully saturated rings. The number of primary amides is 1. The molecular weight excluding hydrogens is 556 g/mol. The molecule has 5 rings (SSSR count). The first-order valence-electron chi connectivity index (χ1n) is 12.7. The molecule has 0 saturated heterocycles. The van der Waals surface area contributed by atoms with E-state index in [1.807, 2.05) is 0 Å². The van der Waals surface area contributed by atoms with E-state index in [9.17, 15) is 31.9 Å². The summed E-state index contributed by atoms with van der Waals surface area (Å²) in [7, 11) is 1.54. The van der Waals surface area contributed by atoms with Crippen molar-refractivity contribution in [3.05, 3.63) is 99.5 Å². The predicted octanol–water partition coefficient (Wildman–Crippen LogP) is 5.03. The van der Waals surface area contributed by atoms with E-state index in [1.165, 1.54) is 22.4 Å². The average molecular weight is 581 g/mol. The highest BCUT2D eigenvalue weighted by Crippen LogP contribution is 2.37. The average Bonchev–Trinajstić information content (AvgIpc) is 3.43. The van der Waals surface area contributed by atoms with Crippen LogP contribution < -0.4 is 16.7 Å². The minimum atomic E-state index is -4.75. The second kappa shape index (κ2) is 10.3. The van der Waals surface area contributed by atoms with Gasteiger partial charge in [0.2, 0.25) is 0 Å². The topological polar surface area (TPSA) is 117 Å². The molecule has 3 N–H and O–H groups in total. The number of fused-ring (bicyclic) bond motifs is 1. The van der Waals surface area contributed by atoms with Gasteiger partial charge in [-0.15, -0.1) is 0 Å². The van der Waals surface area contributed by atoms with Gasteiger partial charge < -0.3 is 15.6 Å². The van der Waals surface area contributed by atoms with Gasteiger partial charge in [0, 0.05) is 30.4 Å². The maximum absolute atomic E-state index is 13.9. The number of rotatable bonds is 6. The fraction of sp³-hybridized carbons (Fsp3) is 0.172. The minimum Gasteiger partial charge on any atom is -0.366 e. The van der Waals surface area contributed by atoms with E-state index in [0.717, 1.165) is 24.3 Å².